The Bertz CT molecular complexity index is 5970. The van der Waals surface area contributed by atoms with E-state index in [1.54, 1.807) is 49.9 Å². The molecular formula is C95H131BF4IN13O18PS4-. The van der Waals surface area contributed by atoms with Crippen molar-refractivity contribution in [3.63, 3.8) is 0 Å². The number of rotatable bonds is 32. The Morgan fingerprint density at radius 1 is 0.591 bits per heavy atom. The third-order valence-electron chi connectivity index (χ3n) is 19.2. The topological polar surface area (TPSA) is 383 Å². The first-order chi connectivity index (χ1) is 63.6. The molecule has 0 bridgehead atoms. The largest absolute Gasteiger partial charge is 1.00 e. The maximum absolute atomic E-state index is 14.5. The van der Waals surface area contributed by atoms with E-state index in [9.17, 15) is 49.9 Å². The number of fused-ring (bicyclic) bond motifs is 5. The highest BCUT2D eigenvalue weighted by Gasteiger charge is 2.31. The number of para-hydroxylation sites is 3. The van der Waals surface area contributed by atoms with Gasteiger partial charge in [0.2, 0.25) is 0 Å². The lowest BCUT2D eigenvalue weighted by atomic mass is 9.92. The number of esters is 2. The lowest BCUT2D eigenvalue weighted by Gasteiger charge is -2.25. The van der Waals surface area contributed by atoms with E-state index in [1.165, 1.54) is 52.1 Å². The molecule has 752 valence electrons. The molecule has 0 radical (unpaired) electrons. The second-order valence-electron chi connectivity index (χ2n) is 31.9. The van der Waals surface area contributed by atoms with Crippen LogP contribution < -0.4 is 69.9 Å². The van der Waals surface area contributed by atoms with Gasteiger partial charge >= 0.3 is 55.9 Å². The normalized spacial score (nSPS) is 10.7. The van der Waals surface area contributed by atoms with E-state index in [4.69, 9.17) is 55.1 Å². The van der Waals surface area contributed by atoms with Crippen LogP contribution in [-0.2, 0) is 49.4 Å². The van der Waals surface area contributed by atoms with Crippen LogP contribution in [0.2, 0.25) is 0 Å². The minimum Gasteiger partial charge on any atom is -1.00 e. The van der Waals surface area contributed by atoms with Crippen LogP contribution in [-0.4, -0.2) is 228 Å². The zero-order valence-electron chi connectivity index (χ0n) is 80.7. The lowest BCUT2D eigenvalue weighted by molar-refractivity contribution is -0.894. The second kappa shape index (κ2) is 64.0. The van der Waals surface area contributed by atoms with E-state index in [0.29, 0.717) is 55.2 Å². The number of carbonyl (C=O) groups is 3. The number of thiazole rings is 2. The van der Waals surface area contributed by atoms with Crippen LogP contribution >= 0.6 is 31.1 Å². The van der Waals surface area contributed by atoms with E-state index in [-0.39, 0.29) is 103 Å². The Hall–Kier alpha value is -10.4. The summed E-state index contributed by atoms with van der Waals surface area (Å²) in [7, 11) is -0.841. The fraction of sp³-hybridized carbons (Fsp3) is 0.432. The zero-order chi connectivity index (χ0) is 100. The molecule has 0 spiro atoms. The summed E-state index contributed by atoms with van der Waals surface area (Å²) in [5.41, 5.74) is 7.98. The van der Waals surface area contributed by atoms with E-state index in [0.717, 1.165) is 106 Å². The molecular weight excluding hydrogens is 1980 g/mol. The van der Waals surface area contributed by atoms with E-state index < -0.39 is 65.6 Å². The van der Waals surface area contributed by atoms with Crippen LogP contribution in [0, 0.1) is 0 Å². The SMILES string of the molecule is C.CCCNCCCC(=O)OC(C)(C)C.CCN(CC)c1ccc2c(-c3ccccc3)c(-c3nc4ccccc4s3)c(=O)oc2c1.CCN(CC)c1ccc2c(-c3ccccc3C(=O)N(CCCC(=O)OC(C)(C)C)CCCS(=O)(=O)[O-])c(-c3nc4ccccc4s3)c(=O)oc2c1.CC[NH+](CC)CC.CN(C)[PH+](On1nnc2ccccc21)N(C)C.CNC.FB(F)F.O=C=O.O=S(=O)=O.[F-].[I-]. The van der Waals surface area contributed by atoms with Crippen molar-refractivity contribution in [2.75, 3.05) is 130 Å². The monoisotopic (exact) mass is 2110 g/mol. The Labute approximate surface area is 828 Å². The van der Waals surface area contributed by atoms with Crippen molar-refractivity contribution in [2.24, 2.45) is 0 Å². The number of aromatic nitrogens is 5. The number of hydrogen-bond acceptors (Lipinski definition) is 30. The number of carbonyl (C=O) groups excluding carboxylic acids is 5. The van der Waals surface area contributed by atoms with Crippen molar-refractivity contribution in [3.8, 4) is 43.4 Å². The summed E-state index contributed by atoms with van der Waals surface area (Å²) in [4.78, 5) is 100. The number of halogens is 5. The fourth-order valence-electron chi connectivity index (χ4n) is 13.5. The van der Waals surface area contributed by atoms with Gasteiger partial charge in [-0.15, -0.1) is 49.7 Å². The molecule has 12 rings (SSSR count). The highest BCUT2D eigenvalue weighted by Crippen LogP contribution is 2.44. The van der Waals surface area contributed by atoms with Gasteiger partial charge in [0.05, 0.1) is 50.2 Å². The number of amides is 1. The molecule has 137 heavy (non-hydrogen) atoms. The van der Waals surface area contributed by atoms with Crippen LogP contribution in [0.15, 0.2) is 182 Å². The van der Waals surface area contributed by atoms with Gasteiger partial charge in [-0.1, -0.05) is 99.3 Å². The summed E-state index contributed by atoms with van der Waals surface area (Å²) in [5.74, 6) is -1.62. The molecule has 0 fully saturated rings. The number of hydrogen-bond donors (Lipinski definition) is 3. The molecule has 1 amide bonds. The van der Waals surface area contributed by atoms with Gasteiger partial charge < -0.3 is 81.8 Å². The van der Waals surface area contributed by atoms with E-state index in [2.05, 4.69) is 93.8 Å². The maximum atomic E-state index is 14.5. The Kier molecular flexibility index (Phi) is 58.2. The molecule has 0 aliphatic rings. The minimum atomic E-state index is -4.52. The quantitative estimate of drug-likeness (QED) is 0.00515. The molecule has 12 aromatic rings. The maximum Gasteiger partial charge on any atom is 0.762 e. The fourth-order valence-corrected chi connectivity index (χ4v) is 17.4. The van der Waals surface area contributed by atoms with Crippen LogP contribution in [0.5, 0.6) is 0 Å². The summed E-state index contributed by atoms with van der Waals surface area (Å²) in [6, 6.07) is 51.9. The smallest absolute Gasteiger partial charge is 0.762 e. The minimum absolute atomic E-state index is 0. The molecule has 0 saturated heterocycles. The van der Waals surface area contributed by atoms with Crippen molar-refractivity contribution < 1.29 is 119 Å². The summed E-state index contributed by atoms with van der Waals surface area (Å²) in [6.45, 7) is 37.1. The number of nitrogens with one attached hydrogen (secondary N) is 3. The standard InChI is InChI=1S/C38H43N3O8S2.C26H22N2O2S.C11H23NO2.C10H16N5OP.C6H15N.C2H7N.CO2.CH4.BF3.FH.HI.O3S/c1-6-40(7-2)25-19-20-28-30(24-25)48-37(44)34(35-39-29-16-10-11-17-31(29)50-35)33(28)26-14-8-9-15-27(26)36(43)41(22-13-23-51(45,46)47)21-12-18-32(42)49-38(3,4)5;1-3-28(4-2)18-14-15-19-21(16-18)30-26(29)24(23(19)17-10-6-5-7-11-17)25-27-20-12-8-9-13-22(20)31-25;1-5-8-12-9-6-7-10(13)14-11(2,3)4;1-13(2)17(14(3)4)16-15-10-8-6-5-7-9(10)11-12-15;1-4-7(5-2)6-3;1-3-2;2-1-3;;2-1(3)4;;;1-4(2)3/h8-11,14-17,19-20,24H,6-7,12-13,18,21-23H2,1-5H3,(H,45,46,47);5-16H,3-4H2,1-2H3;12H,5-9H2,1-4H3;5-8H,1-4H3;4-6H2,1-3H3;3H,1-2H3;;1H4;;2*1H;/p-1. The molecule has 31 nitrogen and oxygen atoms in total. The first-order valence-corrected chi connectivity index (χ1v) is 49.3. The van der Waals surface area contributed by atoms with Gasteiger partial charge in [-0.25, -0.2) is 32.6 Å². The molecule has 5 heterocycles. The van der Waals surface area contributed by atoms with E-state index >= 15 is 0 Å². The average Bonchev–Trinajstić information content (AvgIpc) is 1.51. The van der Waals surface area contributed by atoms with Gasteiger partial charge in [-0.2, -0.15) is 9.59 Å². The number of quaternary nitrogens is 1. The zero-order valence-corrected chi connectivity index (χ0v) is 87.2. The predicted octanol–water partition coefficient (Wildman–Crippen LogP) is 10.4. The van der Waals surface area contributed by atoms with Gasteiger partial charge in [-0.05, 0) is 231 Å². The Morgan fingerprint density at radius 2 is 0.993 bits per heavy atom. The van der Waals surface area contributed by atoms with Crippen molar-refractivity contribution >= 4 is 148 Å². The third-order valence-corrected chi connectivity index (χ3v) is 24.0. The first-order valence-electron chi connectivity index (χ1n) is 43.8. The summed E-state index contributed by atoms with van der Waals surface area (Å²) >= 11 is 2.86. The molecule has 0 aliphatic carbocycles. The van der Waals surface area contributed by atoms with Crippen LogP contribution in [0.1, 0.15) is 153 Å². The number of benzene rings is 7. The predicted molar refractivity (Wildman–Crippen MR) is 536 cm³/mol. The lowest BCUT2D eigenvalue weighted by Crippen LogP contribution is -3.11. The summed E-state index contributed by atoms with van der Waals surface area (Å²) < 4.78 is 123. The van der Waals surface area contributed by atoms with Crippen LogP contribution in [0.4, 0.5) is 24.3 Å². The molecule has 0 unspecified atom stereocenters. The number of anilines is 2. The molecule has 5 aromatic heterocycles. The molecule has 0 aliphatic heterocycles. The molecule has 0 atom stereocenters. The van der Waals surface area contributed by atoms with E-state index in [1.807, 2.05) is 204 Å². The molecule has 0 saturated carbocycles. The summed E-state index contributed by atoms with van der Waals surface area (Å²) in [5, 5.41) is 16.7. The van der Waals surface area contributed by atoms with Gasteiger partial charge in [-0.3, -0.25) is 27.3 Å². The van der Waals surface area contributed by atoms with Crippen molar-refractivity contribution in [2.45, 2.75) is 154 Å². The molecule has 42 heteroatoms. The highest BCUT2D eigenvalue weighted by atomic mass is 127. The van der Waals surface area contributed by atoms with Gasteiger partial charge in [0.1, 0.15) is 54.5 Å². The van der Waals surface area contributed by atoms with Crippen molar-refractivity contribution in [3.05, 3.63) is 190 Å². The van der Waals surface area contributed by atoms with Crippen LogP contribution in [0.25, 0.3) is 96.8 Å². The average molecular weight is 2120 g/mol. The van der Waals surface area contributed by atoms with Gasteiger partial charge in [0.15, 0.2) is 0 Å². The van der Waals surface area contributed by atoms with Crippen LogP contribution in [0.3, 0.4) is 0 Å². The number of nitrogens with zero attached hydrogens (tertiary/aromatic N) is 10. The third kappa shape index (κ3) is 42.5. The molecule has 3 N–H and O–H groups in total. The number of ether oxygens (including phenoxy) is 2. The van der Waals surface area contributed by atoms with Gasteiger partial charge in [0.25, 0.3) is 5.91 Å². The summed E-state index contributed by atoms with van der Waals surface area (Å²) in [6.07, 6.45) is 2.93. The molecule has 7 aromatic carbocycles. The highest BCUT2D eigenvalue weighted by molar-refractivity contribution is 7.85. The van der Waals surface area contributed by atoms with Crippen molar-refractivity contribution in [1.29, 1.82) is 0 Å². The Morgan fingerprint density at radius 3 is 1.41 bits per heavy atom. The van der Waals surface area contributed by atoms with Crippen molar-refractivity contribution in [1.82, 2.24) is 50.0 Å². The Balaban J connectivity index is 0.000000922. The first kappa shape index (κ1) is 125. The van der Waals surface area contributed by atoms with Gasteiger partial charge in [0, 0.05) is 137 Å². The second-order valence-corrected chi connectivity index (χ2v) is 38.4.